The molecule has 1 aliphatic rings. The Kier molecular flexibility index (Phi) is 3.90. The summed E-state index contributed by atoms with van der Waals surface area (Å²) in [6.07, 6.45) is 4.87. The van der Waals surface area contributed by atoms with Gasteiger partial charge in [0.2, 0.25) is 0 Å². The van der Waals surface area contributed by atoms with E-state index in [1.54, 1.807) is 0 Å². The van der Waals surface area contributed by atoms with E-state index in [0.29, 0.717) is 6.61 Å². The summed E-state index contributed by atoms with van der Waals surface area (Å²) in [6.45, 7) is 6.36. The average Bonchev–Trinajstić information content (AvgIpc) is 2.96. The van der Waals surface area contributed by atoms with Gasteiger partial charge in [-0.2, -0.15) is 0 Å². The largest absolute Gasteiger partial charge is 0.377 e. The van der Waals surface area contributed by atoms with Crippen LogP contribution in [0.5, 0.6) is 0 Å². The first-order valence-electron chi connectivity index (χ1n) is 5.98. The van der Waals surface area contributed by atoms with Crippen LogP contribution >= 0.6 is 0 Å². The van der Waals surface area contributed by atoms with Crippen molar-refractivity contribution in [3.63, 3.8) is 0 Å². The van der Waals surface area contributed by atoms with Crippen LogP contribution in [0.2, 0.25) is 0 Å². The van der Waals surface area contributed by atoms with Gasteiger partial charge >= 0.3 is 0 Å². The minimum atomic E-state index is 0.277. The van der Waals surface area contributed by atoms with E-state index in [0.717, 1.165) is 24.8 Å². The second-order valence-corrected chi connectivity index (χ2v) is 4.55. The molecule has 5 nitrogen and oxygen atoms in total. The summed E-state index contributed by atoms with van der Waals surface area (Å²) >= 11 is 0. The van der Waals surface area contributed by atoms with Crippen molar-refractivity contribution in [2.75, 3.05) is 6.61 Å². The van der Waals surface area contributed by atoms with Crippen molar-refractivity contribution < 1.29 is 4.74 Å². The van der Waals surface area contributed by atoms with Gasteiger partial charge in [0, 0.05) is 18.8 Å². The molecule has 1 N–H and O–H groups in total. The molecule has 16 heavy (non-hydrogen) atoms. The third-order valence-corrected chi connectivity index (χ3v) is 2.51. The van der Waals surface area contributed by atoms with Crippen LogP contribution in [0.3, 0.4) is 0 Å². The highest BCUT2D eigenvalue weighted by molar-refractivity contribution is 4.94. The lowest BCUT2D eigenvalue weighted by molar-refractivity contribution is 0.0707. The summed E-state index contributed by atoms with van der Waals surface area (Å²) in [4.78, 5) is 0. The third kappa shape index (κ3) is 3.90. The highest BCUT2D eigenvalue weighted by atomic mass is 16.5. The summed E-state index contributed by atoms with van der Waals surface area (Å²) in [6, 6.07) is 0.717. The molecule has 1 aromatic rings. The fourth-order valence-corrected chi connectivity index (χ4v) is 1.45. The van der Waals surface area contributed by atoms with Gasteiger partial charge in [-0.25, -0.2) is 4.68 Å². The number of hydrogen-bond donors (Lipinski definition) is 1. The molecule has 0 aromatic carbocycles. The third-order valence-electron chi connectivity index (χ3n) is 2.51. The van der Waals surface area contributed by atoms with Crippen LogP contribution in [-0.2, 0) is 17.8 Å². The first-order chi connectivity index (χ1) is 7.74. The normalized spacial score (nSPS) is 15.9. The minimum Gasteiger partial charge on any atom is -0.377 e. The first kappa shape index (κ1) is 11.5. The summed E-state index contributed by atoms with van der Waals surface area (Å²) in [5.41, 5.74) is 1.01. The van der Waals surface area contributed by atoms with E-state index < -0.39 is 0 Å². The zero-order valence-electron chi connectivity index (χ0n) is 10.0. The standard InChI is InChI=1S/C11H20N4O/c1-9(2)16-6-5-15-8-11(13-14-15)7-12-10-3-4-10/h8-10,12H,3-7H2,1-2H3. The highest BCUT2D eigenvalue weighted by Crippen LogP contribution is 2.18. The van der Waals surface area contributed by atoms with E-state index in [9.17, 15) is 0 Å². The number of hydrogen-bond acceptors (Lipinski definition) is 4. The van der Waals surface area contributed by atoms with Gasteiger partial charge in [-0.05, 0) is 26.7 Å². The Bertz CT molecular complexity index is 320. The summed E-state index contributed by atoms with van der Waals surface area (Å²) in [7, 11) is 0. The molecule has 0 aliphatic heterocycles. The second kappa shape index (κ2) is 5.41. The Morgan fingerprint density at radius 2 is 2.38 bits per heavy atom. The van der Waals surface area contributed by atoms with Crippen LogP contribution < -0.4 is 5.32 Å². The van der Waals surface area contributed by atoms with Gasteiger partial charge < -0.3 is 10.1 Å². The molecule has 1 fully saturated rings. The van der Waals surface area contributed by atoms with Gasteiger partial charge in [0.15, 0.2) is 0 Å². The van der Waals surface area contributed by atoms with E-state index >= 15 is 0 Å². The van der Waals surface area contributed by atoms with Gasteiger partial charge in [-0.1, -0.05) is 5.21 Å². The number of nitrogens with one attached hydrogen (secondary N) is 1. The molecule has 0 saturated heterocycles. The topological polar surface area (TPSA) is 52.0 Å². The Hall–Kier alpha value is -0.940. The van der Waals surface area contributed by atoms with Crippen molar-refractivity contribution in [2.24, 2.45) is 0 Å². The molecule has 2 rings (SSSR count). The molecule has 0 amide bonds. The zero-order chi connectivity index (χ0) is 11.4. The van der Waals surface area contributed by atoms with Crippen LogP contribution in [-0.4, -0.2) is 33.7 Å². The molecule has 1 aliphatic carbocycles. The van der Waals surface area contributed by atoms with E-state index in [1.807, 2.05) is 24.7 Å². The fraction of sp³-hybridized carbons (Fsp3) is 0.818. The Morgan fingerprint density at radius 3 is 3.06 bits per heavy atom. The van der Waals surface area contributed by atoms with Crippen molar-refractivity contribution in [2.45, 2.75) is 51.9 Å². The van der Waals surface area contributed by atoms with Gasteiger partial charge in [-0.3, -0.25) is 0 Å². The van der Waals surface area contributed by atoms with E-state index in [2.05, 4.69) is 15.6 Å². The van der Waals surface area contributed by atoms with Crippen LogP contribution in [0.4, 0.5) is 0 Å². The van der Waals surface area contributed by atoms with Crippen LogP contribution in [0.25, 0.3) is 0 Å². The molecule has 0 atom stereocenters. The number of rotatable bonds is 7. The summed E-state index contributed by atoms with van der Waals surface area (Å²) in [5.74, 6) is 0. The zero-order valence-corrected chi connectivity index (χ0v) is 10.0. The van der Waals surface area contributed by atoms with Gasteiger partial charge in [0.25, 0.3) is 0 Å². The van der Waals surface area contributed by atoms with Crippen LogP contribution in [0.15, 0.2) is 6.20 Å². The van der Waals surface area contributed by atoms with Crippen molar-refractivity contribution in [3.05, 3.63) is 11.9 Å². The molecule has 0 bridgehead atoms. The monoisotopic (exact) mass is 224 g/mol. The molecular weight excluding hydrogens is 204 g/mol. The lowest BCUT2D eigenvalue weighted by Gasteiger charge is -2.06. The first-order valence-corrected chi connectivity index (χ1v) is 5.98. The molecule has 1 aromatic heterocycles. The van der Waals surface area contributed by atoms with Crippen molar-refractivity contribution in [1.82, 2.24) is 20.3 Å². The average molecular weight is 224 g/mol. The number of aromatic nitrogens is 3. The smallest absolute Gasteiger partial charge is 0.0964 e. The maximum absolute atomic E-state index is 5.46. The summed E-state index contributed by atoms with van der Waals surface area (Å²) < 4.78 is 7.30. The molecule has 0 radical (unpaired) electrons. The maximum atomic E-state index is 5.46. The van der Waals surface area contributed by atoms with Crippen LogP contribution in [0.1, 0.15) is 32.4 Å². The SMILES string of the molecule is CC(C)OCCn1cc(CNC2CC2)nn1. The second-order valence-electron chi connectivity index (χ2n) is 4.55. The van der Waals surface area contributed by atoms with E-state index in [1.165, 1.54) is 12.8 Å². The van der Waals surface area contributed by atoms with Gasteiger partial charge in [0.05, 0.1) is 24.9 Å². The quantitative estimate of drug-likeness (QED) is 0.749. The highest BCUT2D eigenvalue weighted by Gasteiger charge is 2.20. The summed E-state index contributed by atoms with van der Waals surface area (Å²) in [5, 5.41) is 11.6. The lowest BCUT2D eigenvalue weighted by atomic mass is 10.4. The molecule has 5 heteroatoms. The van der Waals surface area contributed by atoms with Gasteiger partial charge in [0.1, 0.15) is 0 Å². The van der Waals surface area contributed by atoms with Crippen molar-refractivity contribution in [1.29, 1.82) is 0 Å². The molecule has 1 heterocycles. The minimum absolute atomic E-state index is 0.277. The lowest BCUT2D eigenvalue weighted by Crippen LogP contribution is -2.15. The molecule has 90 valence electrons. The van der Waals surface area contributed by atoms with E-state index in [4.69, 9.17) is 4.74 Å². The molecular formula is C11H20N4O. The van der Waals surface area contributed by atoms with Gasteiger partial charge in [-0.15, -0.1) is 5.10 Å². The van der Waals surface area contributed by atoms with Crippen molar-refractivity contribution in [3.8, 4) is 0 Å². The molecule has 0 spiro atoms. The molecule has 0 unspecified atom stereocenters. The molecule has 1 saturated carbocycles. The fourth-order valence-electron chi connectivity index (χ4n) is 1.45. The van der Waals surface area contributed by atoms with Crippen molar-refractivity contribution >= 4 is 0 Å². The predicted molar refractivity (Wildman–Crippen MR) is 61.0 cm³/mol. The maximum Gasteiger partial charge on any atom is 0.0964 e. The Labute approximate surface area is 96.2 Å². The Morgan fingerprint density at radius 1 is 1.56 bits per heavy atom. The Balaban J connectivity index is 1.68. The number of nitrogens with zero attached hydrogens (tertiary/aromatic N) is 3. The number of ether oxygens (including phenoxy) is 1. The van der Waals surface area contributed by atoms with E-state index in [-0.39, 0.29) is 6.10 Å². The predicted octanol–water partition coefficient (Wildman–Crippen LogP) is 0.955. The van der Waals surface area contributed by atoms with Crippen LogP contribution in [0, 0.1) is 0 Å².